The molecule has 0 aliphatic carbocycles. The fourth-order valence-electron chi connectivity index (χ4n) is 1.81. The van der Waals surface area contributed by atoms with E-state index in [4.69, 9.17) is 0 Å². The van der Waals surface area contributed by atoms with Gasteiger partial charge in [0.2, 0.25) is 5.91 Å². The van der Waals surface area contributed by atoms with E-state index in [9.17, 15) is 4.79 Å². The Labute approximate surface area is 97.4 Å². The third-order valence-electron chi connectivity index (χ3n) is 2.61. The van der Waals surface area contributed by atoms with Crippen molar-refractivity contribution in [1.29, 1.82) is 0 Å². The number of nitrogens with zero attached hydrogens (tertiary/aromatic N) is 1. The molecule has 1 aromatic carbocycles. The van der Waals surface area contributed by atoms with Crippen LogP contribution in [0.2, 0.25) is 0 Å². The lowest BCUT2D eigenvalue weighted by molar-refractivity contribution is -0.118. The van der Waals surface area contributed by atoms with Gasteiger partial charge in [-0.05, 0) is 59.2 Å². The number of hydrogen-bond acceptors (Lipinski definition) is 1. The summed E-state index contributed by atoms with van der Waals surface area (Å²) in [4.78, 5) is 13.4. The van der Waals surface area contributed by atoms with Gasteiger partial charge >= 0.3 is 0 Å². The van der Waals surface area contributed by atoms with E-state index in [1.807, 2.05) is 13.1 Å². The molecule has 0 atom stereocenters. The Bertz CT molecular complexity index is 376. The van der Waals surface area contributed by atoms with Gasteiger partial charge in [0.1, 0.15) is 0 Å². The van der Waals surface area contributed by atoms with Crippen molar-refractivity contribution in [2.45, 2.75) is 19.3 Å². The summed E-state index contributed by atoms with van der Waals surface area (Å²) in [5.41, 5.74) is 2.37. The van der Waals surface area contributed by atoms with Gasteiger partial charge in [-0.25, -0.2) is 0 Å². The summed E-state index contributed by atoms with van der Waals surface area (Å²) in [7, 11) is 1.86. The highest BCUT2D eigenvalue weighted by Crippen LogP contribution is 2.27. The molecule has 0 fully saturated rings. The van der Waals surface area contributed by atoms with Gasteiger partial charge in [-0.1, -0.05) is 0 Å². The predicted octanol–water partition coefficient (Wildman–Crippen LogP) is 2.59. The Hall–Kier alpha value is -0.580. The molecular weight excluding hydrogens is 289 g/mol. The van der Waals surface area contributed by atoms with E-state index < -0.39 is 0 Å². The minimum atomic E-state index is 0.227. The van der Waals surface area contributed by atoms with Gasteiger partial charge in [0.05, 0.1) is 0 Å². The van der Waals surface area contributed by atoms with Gasteiger partial charge in [0.15, 0.2) is 0 Å². The largest absolute Gasteiger partial charge is 0.315 e. The van der Waals surface area contributed by atoms with Crippen LogP contribution in [0.3, 0.4) is 0 Å². The number of hydrogen-bond donors (Lipinski definition) is 0. The van der Waals surface area contributed by atoms with Crippen molar-refractivity contribution >= 4 is 34.2 Å². The minimum Gasteiger partial charge on any atom is -0.315 e. The number of aryl methyl sites for hydroxylation is 1. The Balaban J connectivity index is 2.48. The van der Waals surface area contributed by atoms with Crippen LogP contribution in [0.1, 0.15) is 18.4 Å². The fraction of sp³-hybridized carbons (Fsp3) is 0.364. The van der Waals surface area contributed by atoms with Gasteiger partial charge in [-0.2, -0.15) is 0 Å². The zero-order valence-electron chi connectivity index (χ0n) is 8.09. The molecule has 2 rings (SSSR count). The van der Waals surface area contributed by atoms with Gasteiger partial charge in [-0.15, -0.1) is 0 Å². The summed E-state index contributed by atoms with van der Waals surface area (Å²) in [6, 6.07) is 6.26. The molecule has 0 saturated heterocycles. The SMILES string of the molecule is CN1C(=O)CCCc2cc(I)ccc21. The molecule has 0 unspecified atom stereocenters. The normalized spacial score (nSPS) is 16.4. The summed E-state index contributed by atoms with van der Waals surface area (Å²) in [6.45, 7) is 0. The van der Waals surface area contributed by atoms with E-state index in [1.165, 1.54) is 9.13 Å². The maximum Gasteiger partial charge on any atom is 0.226 e. The van der Waals surface area contributed by atoms with Crippen LogP contribution in [0, 0.1) is 3.57 Å². The summed E-state index contributed by atoms with van der Waals surface area (Å²) in [5, 5.41) is 0. The number of carbonyl (C=O) groups is 1. The Morgan fingerprint density at radius 3 is 2.93 bits per heavy atom. The summed E-state index contributed by atoms with van der Waals surface area (Å²) >= 11 is 2.31. The van der Waals surface area contributed by atoms with E-state index in [0.717, 1.165) is 18.5 Å². The first-order valence-electron chi connectivity index (χ1n) is 4.73. The molecule has 0 radical (unpaired) electrons. The van der Waals surface area contributed by atoms with Gasteiger partial charge in [0, 0.05) is 22.7 Å². The maximum absolute atomic E-state index is 11.6. The second kappa shape index (κ2) is 3.88. The first-order chi connectivity index (χ1) is 6.68. The van der Waals surface area contributed by atoms with Crippen LogP contribution in [0.15, 0.2) is 18.2 Å². The molecule has 14 heavy (non-hydrogen) atoms. The highest BCUT2D eigenvalue weighted by atomic mass is 127. The molecule has 0 aromatic heterocycles. The highest BCUT2D eigenvalue weighted by molar-refractivity contribution is 14.1. The summed E-state index contributed by atoms with van der Waals surface area (Å²) < 4.78 is 1.24. The van der Waals surface area contributed by atoms with Crippen LogP contribution in [-0.2, 0) is 11.2 Å². The summed E-state index contributed by atoms with van der Waals surface area (Å²) in [5.74, 6) is 0.227. The molecule has 0 saturated carbocycles. The number of rotatable bonds is 0. The zero-order chi connectivity index (χ0) is 10.1. The van der Waals surface area contributed by atoms with Crippen LogP contribution < -0.4 is 4.90 Å². The molecule has 1 amide bonds. The van der Waals surface area contributed by atoms with E-state index in [1.54, 1.807) is 4.90 Å². The lowest BCUT2D eigenvalue weighted by Gasteiger charge is -2.17. The molecule has 0 bridgehead atoms. The standard InChI is InChI=1S/C11H12INO/c1-13-10-6-5-9(12)7-8(10)3-2-4-11(13)14/h5-7H,2-4H2,1H3. The molecular formula is C11H12INO. The van der Waals surface area contributed by atoms with Crippen molar-refractivity contribution in [3.8, 4) is 0 Å². The number of amides is 1. The summed E-state index contributed by atoms with van der Waals surface area (Å²) in [6.07, 6.45) is 2.65. The number of carbonyl (C=O) groups excluding carboxylic acids is 1. The van der Waals surface area contributed by atoms with Crippen molar-refractivity contribution in [1.82, 2.24) is 0 Å². The van der Waals surface area contributed by atoms with E-state index in [2.05, 4.69) is 34.7 Å². The number of anilines is 1. The van der Waals surface area contributed by atoms with E-state index in [0.29, 0.717) is 6.42 Å². The molecule has 74 valence electrons. The average molecular weight is 301 g/mol. The number of benzene rings is 1. The lowest BCUT2D eigenvalue weighted by Crippen LogP contribution is -2.24. The van der Waals surface area contributed by atoms with Crippen LogP contribution in [-0.4, -0.2) is 13.0 Å². The molecule has 0 N–H and O–H groups in total. The second-order valence-electron chi connectivity index (χ2n) is 3.58. The Kier molecular flexibility index (Phi) is 2.76. The molecule has 0 spiro atoms. The third kappa shape index (κ3) is 1.78. The van der Waals surface area contributed by atoms with Crippen molar-refractivity contribution in [3.63, 3.8) is 0 Å². The van der Waals surface area contributed by atoms with Crippen molar-refractivity contribution in [2.75, 3.05) is 11.9 Å². The van der Waals surface area contributed by atoms with Crippen LogP contribution in [0.5, 0.6) is 0 Å². The zero-order valence-corrected chi connectivity index (χ0v) is 10.2. The maximum atomic E-state index is 11.6. The smallest absolute Gasteiger partial charge is 0.226 e. The monoisotopic (exact) mass is 301 g/mol. The van der Waals surface area contributed by atoms with Crippen molar-refractivity contribution < 1.29 is 4.79 Å². The fourth-order valence-corrected chi connectivity index (χ4v) is 2.37. The van der Waals surface area contributed by atoms with Crippen molar-refractivity contribution in [3.05, 3.63) is 27.3 Å². The van der Waals surface area contributed by atoms with E-state index in [-0.39, 0.29) is 5.91 Å². The number of fused-ring (bicyclic) bond motifs is 1. The molecule has 1 aliphatic heterocycles. The average Bonchev–Trinajstić information content (AvgIpc) is 2.28. The quantitative estimate of drug-likeness (QED) is 0.675. The first-order valence-corrected chi connectivity index (χ1v) is 5.81. The Morgan fingerprint density at radius 2 is 2.14 bits per heavy atom. The number of halogens is 1. The van der Waals surface area contributed by atoms with Crippen LogP contribution in [0.25, 0.3) is 0 Å². The topological polar surface area (TPSA) is 20.3 Å². The van der Waals surface area contributed by atoms with Gasteiger partial charge in [0.25, 0.3) is 0 Å². The van der Waals surface area contributed by atoms with Crippen molar-refractivity contribution in [2.24, 2.45) is 0 Å². The first kappa shape index (κ1) is 9.96. The highest BCUT2D eigenvalue weighted by Gasteiger charge is 2.18. The predicted molar refractivity (Wildman–Crippen MR) is 65.5 cm³/mol. The molecule has 2 nitrogen and oxygen atoms in total. The van der Waals surface area contributed by atoms with E-state index >= 15 is 0 Å². The lowest BCUT2D eigenvalue weighted by atomic mass is 10.1. The molecule has 1 aromatic rings. The third-order valence-corrected chi connectivity index (χ3v) is 3.28. The van der Waals surface area contributed by atoms with Gasteiger partial charge in [-0.3, -0.25) is 4.79 Å². The molecule has 1 aliphatic rings. The Morgan fingerprint density at radius 1 is 1.36 bits per heavy atom. The molecule has 3 heteroatoms. The van der Waals surface area contributed by atoms with Crippen LogP contribution in [0.4, 0.5) is 5.69 Å². The minimum absolute atomic E-state index is 0.227. The second-order valence-corrected chi connectivity index (χ2v) is 4.82. The van der Waals surface area contributed by atoms with Gasteiger partial charge < -0.3 is 4.90 Å². The molecule has 1 heterocycles. The van der Waals surface area contributed by atoms with Crippen LogP contribution >= 0.6 is 22.6 Å².